The highest BCUT2D eigenvalue weighted by molar-refractivity contribution is 5.76. The van der Waals surface area contributed by atoms with E-state index in [0.29, 0.717) is 23.7 Å². The molecule has 0 N–H and O–H groups in total. The fourth-order valence-electron chi connectivity index (χ4n) is 5.53. The summed E-state index contributed by atoms with van der Waals surface area (Å²) in [5.74, 6) is 2.45. The van der Waals surface area contributed by atoms with E-state index in [4.69, 9.17) is 0 Å². The van der Waals surface area contributed by atoms with Crippen molar-refractivity contribution in [3.05, 3.63) is 125 Å². The van der Waals surface area contributed by atoms with Crippen LogP contribution in [-0.4, -0.2) is 0 Å². The Balaban J connectivity index is 1.60. The molecule has 1 nitrogen and oxygen atoms in total. The van der Waals surface area contributed by atoms with Crippen molar-refractivity contribution in [2.45, 2.75) is 79.6 Å². The monoisotopic (exact) mass is 517 g/mol. The Morgan fingerprint density at radius 2 is 0.923 bits per heavy atom. The van der Waals surface area contributed by atoms with Crippen LogP contribution in [-0.2, 0) is 6.42 Å². The molecule has 4 aromatic carbocycles. The van der Waals surface area contributed by atoms with Crippen molar-refractivity contribution in [1.29, 1.82) is 0 Å². The van der Waals surface area contributed by atoms with E-state index in [-0.39, 0.29) is 0 Å². The average molecular weight is 518 g/mol. The maximum absolute atomic E-state index is 2.41. The smallest absolute Gasteiger partial charge is 0.0461 e. The van der Waals surface area contributed by atoms with Gasteiger partial charge < -0.3 is 4.90 Å². The van der Waals surface area contributed by atoms with E-state index in [1.54, 1.807) is 0 Å². The van der Waals surface area contributed by atoms with E-state index < -0.39 is 0 Å². The number of benzene rings is 4. The van der Waals surface area contributed by atoms with Crippen LogP contribution in [0.4, 0.5) is 17.1 Å². The zero-order valence-electron chi connectivity index (χ0n) is 25.1. The molecule has 0 aliphatic rings. The first kappa shape index (κ1) is 28.7. The molecule has 0 saturated heterocycles. The van der Waals surface area contributed by atoms with Crippen LogP contribution in [0.1, 0.15) is 87.1 Å². The SMILES string of the molecule is CCC(C)C(C)c1ccc(C(Cc2ccc(N(c3ccc(C)cc3)c3ccc(C)cc3)cc2)C(C)CC)cc1. The summed E-state index contributed by atoms with van der Waals surface area (Å²) >= 11 is 0. The largest absolute Gasteiger partial charge is 0.311 e. The summed E-state index contributed by atoms with van der Waals surface area (Å²) in [6, 6.07) is 36.4. The van der Waals surface area contributed by atoms with Gasteiger partial charge in [0.05, 0.1) is 0 Å². The molecule has 0 bridgehead atoms. The van der Waals surface area contributed by atoms with Crippen molar-refractivity contribution in [3.63, 3.8) is 0 Å². The molecule has 4 unspecified atom stereocenters. The molecule has 0 radical (unpaired) electrons. The van der Waals surface area contributed by atoms with E-state index >= 15 is 0 Å². The van der Waals surface area contributed by atoms with Gasteiger partial charge in [-0.1, -0.05) is 119 Å². The maximum atomic E-state index is 2.41. The fraction of sp³-hybridized carbons (Fsp3) is 0.368. The minimum Gasteiger partial charge on any atom is -0.311 e. The molecule has 0 aliphatic heterocycles. The number of hydrogen-bond acceptors (Lipinski definition) is 1. The van der Waals surface area contributed by atoms with Gasteiger partial charge in [0, 0.05) is 17.1 Å². The summed E-state index contributed by atoms with van der Waals surface area (Å²) in [7, 11) is 0. The number of rotatable bonds is 11. The molecule has 0 aromatic heterocycles. The molecule has 39 heavy (non-hydrogen) atoms. The first-order valence-corrected chi connectivity index (χ1v) is 14.9. The molecule has 4 rings (SSSR count). The van der Waals surface area contributed by atoms with Gasteiger partial charge in [0.2, 0.25) is 0 Å². The number of hydrogen-bond donors (Lipinski definition) is 0. The lowest BCUT2D eigenvalue weighted by molar-refractivity contribution is 0.442. The van der Waals surface area contributed by atoms with Crippen LogP contribution >= 0.6 is 0 Å². The molecule has 204 valence electrons. The van der Waals surface area contributed by atoms with Crippen LogP contribution in [0, 0.1) is 25.7 Å². The summed E-state index contributed by atoms with van der Waals surface area (Å²) in [6.07, 6.45) is 3.46. The van der Waals surface area contributed by atoms with E-state index in [9.17, 15) is 0 Å². The second kappa shape index (κ2) is 13.2. The molecule has 1 heteroatoms. The van der Waals surface area contributed by atoms with Gasteiger partial charge in [0.15, 0.2) is 0 Å². The fourth-order valence-corrected chi connectivity index (χ4v) is 5.53. The third-order valence-electron chi connectivity index (χ3n) is 8.95. The zero-order valence-corrected chi connectivity index (χ0v) is 25.1. The maximum Gasteiger partial charge on any atom is 0.0461 e. The Bertz CT molecular complexity index is 1240. The van der Waals surface area contributed by atoms with Crippen LogP contribution in [0.3, 0.4) is 0 Å². The lowest BCUT2D eigenvalue weighted by atomic mass is 9.80. The molecule has 0 spiro atoms. The third kappa shape index (κ3) is 7.01. The second-order valence-electron chi connectivity index (χ2n) is 11.7. The Labute approximate surface area is 237 Å². The number of nitrogens with zero attached hydrogens (tertiary/aromatic N) is 1. The first-order valence-electron chi connectivity index (χ1n) is 14.9. The molecule has 4 atom stereocenters. The molecule has 0 heterocycles. The van der Waals surface area contributed by atoms with Gasteiger partial charge in [0.1, 0.15) is 0 Å². The Morgan fingerprint density at radius 3 is 1.36 bits per heavy atom. The number of anilines is 3. The van der Waals surface area contributed by atoms with Crippen LogP contribution in [0.15, 0.2) is 97.1 Å². The summed E-state index contributed by atoms with van der Waals surface area (Å²) in [6.45, 7) is 16.0. The molecular formula is C38H47N. The van der Waals surface area contributed by atoms with Gasteiger partial charge in [0.25, 0.3) is 0 Å². The van der Waals surface area contributed by atoms with Crippen molar-refractivity contribution in [2.24, 2.45) is 11.8 Å². The zero-order chi connectivity index (χ0) is 27.9. The predicted molar refractivity (Wildman–Crippen MR) is 171 cm³/mol. The van der Waals surface area contributed by atoms with Gasteiger partial charge in [-0.2, -0.15) is 0 Å². The second-order valence-corrected chi connectivity index (χ2v) is 11.7. The standard InChI is InChI=1S/C38H47N/c1-8-29(5)31(7)33-16-18-34(19-17-33)38(30(6)9-2)26-32-14-24-37(25-15-32)39(35-20-10-27(3)11-21-35)36-22-12-28(4)13-23-36/h10-25,29-31,38H,8-9,26H2,1-7H3. The topological polar surface area (TPSA) is 3.24 Å². The van der Waals surface area contributed by atoms with Crippen molar-refractivity contribution >= 4 is 17.1 Å². The minimum atomic E-state index is 0.513. The average Bonchev–Trinajstić information content (AvgIpc) is 2.97. The van der Waals surface area contributed by atoms with Gasteiger partial charge >= 0.3 is 0 Å². The van der Waals surface area contributed by atoms with Gasteiger partial charge in [-0.3, -0.25) is 0 Å². The first-order chi connectivity index (χ1) is 18.8. The van der Waals surface area contributed by atoms with E-state index in [1.807, 2.05) is 0 Å². The summed E-state index contributed by atoms with van der Waals surface area (Å²) in [5.41, 5.74) is 10.4. The van der Waals surface area contributed by atoms with Crippen LogP contribution in [0.2, 0.25) is 0 Å². The Morgan fingerprint density at radius 1 is 0.513 bits per heavy atom. The molecule has 4 aromatic rings. The van der Waals surface area contributed by atoms with E-state index in [2.05, 4.69) is 150 Å². The molecule has 0 aliphatic carbocycles. The Hall–Kier alpha value is -3.32. The van der Waals surface area contributed by atoms with E-state index in [0.717, 1.165) is 6.42 Å². The summed E-state index contributed by atoms with van der Waals surface area (Å²) < 4.78 is 0. The molecule has 0 saturated carbocycles. The van der Waals surface area contributed by atoms with Crippen molar-refractivity contribution < 1.29 is 0 Å². The predicted octanol–water partition coefficient (Wildman–Crippen LogP) is 11.3. The normalized spacial score (nSPS) is 14.4. The molecule has 0 fully saturated rings. The highest BCUT2D eigenvalue weighted by Gasteiger charge is 2.20. The van der Waals surface area contributed by atoms with Crippen molar-refractivity contribution in [1.82, 2.24) is 0 Å². The lowest BCUT2D eigenvalue weighted by Crippen LogP contribution is -2.13. The lowest BCUT2D eigenvalue weighted by Gasteiger charge is -2.27. The number of aryl methyl sites for hydroxylation is 2. The molecular weight excluding hydrogens is 470 g/mol. The van der Waals surface area contributed by atoms with Gasteiger partial charge in [-0.25, -0.2) is 0 Å². The van der Waals surface area contributed by atoms with Crippen LogP contribution in [0.5, 0.6) is 0 Å². The highest BCUT2D eigenvalue weighted by atomic mass is 15.1. The summed E-state index contributed by atoms with van der Waals surface area (Å²) in [5, 5.41) is 0. The van der Waals surface area contributed by atoms with Gasteiger partial charge in [-0.15, -0.1) is 0 Å². The van der Waals surface area contributed by atoms with Crippen LogP contribution < -0.4 is 4.90 Å². The third-order valence-corrected chi connectivity index (χ3v) is 8.95. The quantitative estimate of drug-likeness (QED) is 0.191. The Kier molecular flexibility index (Phi) is 9.68. The molecule has 0 amide bonds. The van der Waals surface area contributed by atoms with Crippen molar-refractivity contribution in [2.75, 3.05) is 4.90 Å². The summed E-state index contributed by atoms with van der Waals surface area (Å²) in [4.78, 5) is 2.35. The highest BCUT2D eigenvalue weighted by Crippen LogP contribution is 2.37. The minimum absolute atomic E-state index is 0.513. The van der Waals surface area contributed by atoms with Crippen molar-refractivity contribution in [3.8, 4) is 0 Å². The van der Waals surface area contributed by atoms with E-state index in [1.165, 1.54) is 57.7 Å². The van der Waals surface area contributed by atoms with Gasteiger partial charge in [-0.05, 0) is 97.0 Å². The van der Waals surface area contributed by atoms with Crippen LogP contribution in [0.25, 0.3) is 0 Å².